The zero-order chi connectivity index (χ0) is 18.9. The molecule has 2 N–H and O–H groups in total. The second kappa shape index (κ2) is 9.52. The standard InChI is InChI=1S/C22H38N4O.HI/c1-3-24-21(26-6-4-16(5-7-26)11-20(27)23-2)25-15-22-12-17-8-18(13-22)10-19(9-17)14-22;/h16-19H,3-15H2,1-2H3,(H,23,27)(H,24,25);1H. The highest BCUT2D eigenvalue weighted by Crippen LogP contribution is 2.60. The number of guanidine groups is 1. The Kier molecular flexibility index (Phi) is 7.54. The molecule has 28 heavy (non-hydrogen) atoms. The van der Waals surface area contributed by atoms with E-state index in [2.05, 4.69) is 22.5 Å². The van der Waals surface area contributed by atoms with Gasteiger partial charge >= 0.3 is 0 Å². The van der Waals surface area contributed by atoms with Crippen LogP contribution in [-0.2, 0) is 4.79 Å². The summed E-state index contributed by atoms with van der Waals surface area (Å²) in [5, 5.41) is 6.31. The molecular weight excluding hydrogens is 463 g/mol. The molecule has 4 aliphatic carbocycles. The summed E-state index contributed by atoms with van der Waals surface area (Å²) in [6.07, 6.45) is 11.6. The van der Waals surface area contributed by atoms with Gasteiger partial charge < -0.3 is 15.5 Å². The lowest BCUT2D eigenvalue weighted by Crippen LogP contribution is -2.49. The van der Waals surface area contributed by atoms with Crippen molar-refractivity contribution in [1.82, 2.24) is 15.5 Å². The monoisotopic (exact) mass is 502 g/mol. The first-order valence-corrected chi connectivity index (χ1v) is 11.3. The van der Waals surface area contributed by atoms with Gasteiger partial charge in [-0.2, -0.15) is 0 Å². The Morgan fingerprint density at radius 1 is 1.07 bits per heavy atom. The minimum Gasteiger partial charge on any atom is -0.359 e. The summed E-state index contributed by atoms with van der Waals surface area (Å²) in [4.78, 5) is 19.3. The van der Waals surface area contributed by atoms with Gasteiger partial charge in [0.15, 0.2) is 5.96 Å². The lowest BCUT2D eigenvalue weighted by Gasteiger charge is -2.56. The molecule has 5 rings (SSSR count). The predicted molar refractivity (Wildman–Crippen MR) is 125 cm³/mol. The average Bonchev–Trinajstić information content (AvgIpc) is 2.65. The van der Waals surface area contributed by atoms with Gasteiger partial charge in [0.2, 0.25) is 5.91 Å². The highest BCUT2D eigenvalue weighted by Gasteiger charge is 2.50. The number of aliphatic imine (C=N–C) groups is 1. The summed E-state index contributed by atoms with van der Waals surface area (Å²) in [5.74, 6) is 4.80. The van der Waals surface area contributed by atoms with Gasteiger partial charge in [0, 0.05) is 39.6 Å². The third-order valence-corrected chi connectivity index (χ3v) is 7.73. The molecule has 0 radical (unpaired) electrons. The molecule has 1 amide bonds. The summed E-state index contributed by atoms with van der Waals surface area (Å²) < 4.78 is 0. The molecule has 0 atom stereocenters. The van der Waals surface area contributed by atoms with Gasteiger partial charge in [0.25, 0.3) is 0 Å². The van der Waals surface area contributed by atoms with Gasteiger partial charge in [-0.25, -0.2) is 0 Å². The van der Waals surface area contributed by atoms with Crippen LogP contribution < -0.4 is 10.6 Å². The van der Waals surface area contributed by atoms with Crippen LogP contribution in [0.15, 0.2) is 4.99 Å². The summed E-state index contributed by atoms with van der Waals surface area (Å²) in [7, 11) is 1.73. The van der Waals surface area contributed by atoms with Crippen LogP contribution in [0.4, 0.5) is 0 Å². The van der Waals surface area contributed by atoms with Crippen LogP contribution in [0.2, 0.25) is 0 Å². The number of carbonyl (C=O) groups is 1. The number of nitrogens with zero attached hydrogens (tertiary/aromatic N) is 2. The van der Waals surface area contributed by atoms with Crippen molar-refractivity contribution in [3.63, 3.8) is 0 Å². The first-order valence-electron chi connectivity index (χ1n) is 11.3. The second-order valence-electron chi connectivity index (χ2n) is 9.90. The zero-order valence-electron chi connectivity index (χ0n) is 17.7. The molecular formula is C22H39IN4O. The van der Waals surface area contributed by atoms with Gasteiger partial charge in [-0.15, -0.1) is 24.0 Å². The molecule has 5 aliphatic rings. The van der Waals surface area contributed by atoms with Gasteiger partial charge in [-0.3, -0.25) is 9.79 Å². The van der Waals surface area contributed by atoms with Crippen LogP contribution in [0.5, 0.6) is 0 Å². The molecule has 0 aromatic heterocycles. The number of hydrogen-bond acceptors (Lipinski definition) is 2. The first kappa shape index (κ1) is 22.2. The lowest BCUT2D eigenvalue weighted by molar-refractivity contribution is -0.121. The number of carbonyl (C=O) groups excluding carboxylic acids is 1. The fraction of sp³-hybridized carbons (Fsp3) is 0.909. The van der Waals surface area contributed by atoms with E-state index in [9.17, 15) is 4.79 Å². The van der Waals surface area contributed by atoms with E-state index >= 15 is 0 Å². The molecule has 4 saturated carbocycles. The molecule has 6 heteroatoms. The van der Waals surface area contributed by atoms with Crippen LogP contribution in [0.25, 0.3) is 0 Å². The van der Waals surface area contributed by atoms with Gasteiger partial charge in [-0.05, 0) is 87.4 Å². The van der Waals surface area contributed by atoms with E-state index in [1.165, 1.54) is 38.5 Å². The topological polar surface area (TPSA) is 56.7 Å². The quantitative estimate of drug-likeness (QED) is 0.343. The summed E-state index contributed by atoms with van der Waals surface area (Å²) in [5.41, 5.74) is 0.507. The van der Waals surface area contributed by atoms with Gasteiger partial charge in [-0.1, -0.05) is 0 Å². The summed E-state index contributed by atoms with van der Waals surface area (Å²) >= 11 is 0. The van der Waals surface area contributed by atoms with E-state index in [-0.39, 0.29) is 29.9 Å². The van der Waals surface area contributed by atoms with E-state index in [1.54, 1.807) is 7.05 Å². The van der Waals surface area contributed by atoms with E-state index in [0.717, 1.165) is 62.7 Å². The normalized spacial score (nSPS) is 34.9. The van der Waals surface area contributed by atoms with Crippen molar-refractivity contribution in [2.45, 2.75) is 64.7 Å². The summed E-state index contributed by atoms with van der Waals surface area (Å²) in [6.45, 7) is 6.16. The van der Waals surface area contributed by atoms with Crippen LogP contribution in [0.3, 0.4) is 0 Å². The number of halogens is 1. The van der Waals surface area contributed by atoms with Crippen molar-refractivity contribution in [2.24, 2.45) is 34.1 Å². The molecule has 0 aromatic carbocycles. The maximum Gasteiger partial charge on any atom is 0.220 e. The van der Waals surface area contributed by atoms with E-state index in [1.807, 2.05) is 0 Å². The number of piperidine rings is 1. The minimum absolute atomic E-state index is 0. The Morgan fingerprint density at radius 3 is 2.14 bits per heavy atom. The minimum atomic E-state index is 0. The second-order valence-corrected chi connectivity index (χ2v) is 9.90. The molecule has 1 aliphatic heterocycles. The van der Waals surface area contributed by atoms with Crippen molar-refractivity contribution in [3.8, 4) is 0 Å². The Balaban J connectivity index is 0.00000225. The maximum absolute atomic E-state index is 11.6. The van der Waals surface area contributed by atoms with Gasteiger partial charge in [0.1, 0.15) is 0 Å². The SMILES string of the molecule is CCNC(=NCC12CC3CC(CC(C3)C1)C2)N1CCC(CC(=O)NC)CC1.I. The number of hydrogen-bond donors (Lipinski definition) is 2. The third-order valence-electron chi connectivity index (χ3n) is 7.73. The lowest BCUT2D eigenvalue weighted by atomic mass is 9.49. The Bertz CT molecular complexity index is 536. The van der Waals surface area contributed by atoms with Crippen LogP contribution in [0, 0.1) is 29.1 Å². The highest BCUT2D eigenvalue weighted by molar-refractivity contribution is 14.0. The van der Waals surface area contributed by atoms with Crippen molar-refractivity contribution in [1.29, 1.82) is 0 Å². The van der Waals surface area contributed by atoms with Crippen molar-refractivity contribution in [3.05, 3.63) is 0 Å². The molecule has 5 fully saturated rings. The number of amides is 1. The largest absolute Gasteiger partial charge is 0.359 e. The van der Waals surface area contributed by atoms with Crippen molar-refractivity contribution in [2.75, 3.05) is 33.2 Å². The third kappa shape index (κ3) is 4.96. The van der Waals surface area contributed by atoms with Gasteiger partial charge in [0.05, 0.1) is 0 Å². The van der Waals surface area contributed by atoms with E-state index < -0.39 is 0 Å². The maximum atomic E-state index is 11.6. The smallest absolute Gasteiger partial charge is 0.220 e. The first-order chi connectivity index (χ1) is 13.1. The Morgan fingerprint density at radius 2 is 1.64 bits per heavy atom. The Labute approximate surface area is 187 Å². The number of likely N-dealkylation sites (tertiary alicyclic amines) is 1. The summed E-state index contributed by atoms with van der Waals surface area (Å²) in [6, 6.07) is 0. The molecule has 0 unspecified atom stereocenters. The average molecular weight is 502 g/mol. The number of nitrogens with one attached hydrogen (secondary N) is 2. The molecule has 1 saturated heterocycles. The molecule has 5 nitrogen and oxygen atoms in total. The zero-order valence-corrected chi connectivity index (χ0v) is 20.0. The van der Waals surface area contributed by atoms with Crippen molar-refractivity contribution < 1.29 is 4.79 Å². The van der Waals surface area contributed by atoms with Crippen LogP contribution in [-0.4, -0.2) is 50.0 Å². The number of rotatable bonds is 5. The fourth-order valence-corrected chi connectivity index (χ4v) is 6.87. The molecule has 1 heterocycles. The molecule has 4 bridgehead atoms. The fourth-order valence-electron chi connectivity index (χ4n) is 6.87. The Hall–Kier alpha value is -0.530. The molecule has 160 valence electrons. The van der Waals surface area contributed by atoms with E-state index in [4.69, 9.17) is 4.99 Å². The van der Waals surface area contributed by atoms with Crippen LogP contribution in [0.1, 0.15) is 64.7 Å². The van der Waals surface area contributed by atoms with Crippen molar-refractivity contribution >= 4 is 35.8 Å². The molecule has 0 aromatic rings. The molecule has 0 spiro atoms. The van der Waals surface area contributed by atoms with E-state index in [0.29, 0.717) is 17.8 Å². The van der Waals surface area contributed by atoms with Crippen LogP contribution >= 0.6 is 24.0 Å². The highest BCUT2D eigenvalue weighted by atomic mass is 127. The predicted octanol–water partition coefficient (Wildman–Crippen LogP) is 3.63.